The molecular weight excluding hydrogens is 496 g/mol. The summed E-state index contributed by atoms with van der Waals surface area (Å²) >= 11 is 1.42. The van der Waals surface area contributed by atoms with Gasteiger partial charge in [0.1, 0.15) is 12.6 Å². The van der Waals surface area contributed by atoms with Crippen molar-refractivity contribution in [1.82, 2.24) is 15.1 Å². The van der Waals surface area contributed by atoms with E-state index in [0.29, 0.717) is 48.0 Å². The number of β-lactam (4-membered cyclic amide) rings is 1. The van der Waals surface area contributed by atoms with Gasteiger partial charge in [0.2, 0.25) is 11.8 Å². The molecule has 0 aromatic rings. The lowest BCUT2D eigenvalue weighted by molar-refractivity contribution is -0.913. The average molecular weight is 533 g/mol. The zero-order valence-electron chi connectivity index (χ0n) is 20.7. The van der Waals surface area contributed by atoms with Gasteiger partial charge in [0.25, 0.3) is 0 Å². The van der Waals surface area contributed by atoms with E-state index in [-0.39, 0.29) is 59.8 Å². The van der Waals surface area contributed by atoms with Crippen molar-refractivity contribution in [2.45, 2.75) is 56.2 Å². The van der Waals surface area contributed by atoms with Gasteiger partial charge in [-0.15, -0.1) is 24.2 Å². The normalized spacial score (nSPS) is 33.5. The Morgan fingerprint density at radius 1 is 1.34 bits per heavy atom. The molecule has 4 aliphatic rings. The van der Waals surface area contributed by atoms with Gasteiger partial charge in [-0.2, -0.15) is 0 Å². The number of carboxylic acids is 1. The Bertz CT molecular complexity index is 899. The molecule has 198 valence electrons. The number of nitrogens with one attached hydrogen (secondary N) is 1. The van der Waals surface area contributed by atoms with Gasteiger partial charge in [0.15, 0.2) is 0 Å². The maximum absolute atomic E-state index is 13.2. The van der Waals surface area contributed by atoms with Crippen LogP contribution in [0.3, 0.4) is 0 Å². The summed E-state index contributed by atoms with van der Waals surface area (Å²) in [6.45, 7) is 6.14. The molecule has 0 saturated carbocycles. The quantitative estimate of drug-likeness (QED) is 0.250. The smallest absolute Gasteiger partial charge is 0.239 e. The molecule has 2 amide bonds. The number of carboxylic acid groups (broad SMARTS) is 1. The summed E-state index contributed by atoms with van der Waals surface area (Å²) < 4.78 is 0.679. The number of aliphatic hydroxyl groups is 2. The van der Waals surface area contributed by atoms with E-state index in [4.69, 9.17) is 0 Å². The molecular formula is C23H37ClN4O6S. The molecule has 4 rings (SSSR count). The Morgan fingerprint density at radius 3 is 2.63 bits per heavy atom. The summed E-state index contributed by atoms with van der Waals surface area (Å²) in [5.74, 6) is -2.49. The molecule has 7 atom stereocenters. The maximum Gasteiger partial charge on any atom is 0.239 e. The molecule has 0 spiro atoms. The lowest BCUT2D eigenvalue weighted by Crippen LogP contribution is -2.64. The first-order valence-corrected chi connectivity index (χ1v) is 12.9. The molecule has 0 aromatic heterocycles. The Kier molecular flexibility index (Phi) is 8.50. The summed E-state index contributed by atoms with van der Waals surface area (Å²) in [4.78, 5) is 41.4. The van der Waals surface area contributed by atoms with Crippen LogP contribution in [0.25, 0.3) is 0 Å². The number of fused-ring (bicyclic) bond motifs is 1. The van der Waals surface area contributed by atoms with E-state index in [9.17, 15) is 29.7 Å². The Balaban J connectivity index is 0.00000342. The van der Waals surface area contributed by atoms with Gasteiger partial charge in [-0.1, -0.05) is 6.92 Å². The average Bonchev–Trinajstić information content (AvgIpc) is 3.46. The number of carbonyl (C=O) groups is 3. The first-order valence-electron chi connectivity index (χ1n) is 12.1. The number of halogens is 1. The first kappa shape index (κ1) is 28.2. The summed E-state index contributed by atoms with van der Waals surface area (Å²) in [6, 6.07) is -0.393. The van der Waals surface area contributed by atoms with E-state index < -0.39 is 18.0 Å². The van der Waals surface area contributed by atoms with Gasteiger partial charge in [0.05, 0.1) is 63.0 Å². The number of hydrogen-bond donors (Lipinski definition) is 3. The lowest BCUT2D eigenvalue weighted by Gasteiger charge is -2.47. The van der Waals surface area contributed by atoms with Crippen molar-refractivity contribution in [3.63, 3.8) is 0 Å². The van der Waals surface area contributed by atoms with Crippen LogP contribution in [-0.4, -0.2) is 119 Å². The van der Waals surface area contributed by atoms with Crippen LogP contribution in [0.1, 0.15) is 26.7 Å². The highest BCUT2D eigenvalue weighted by Gasteiger charge is 2.59. The van der Waals surface area contributed by atoms with E-state index in [0.717, 1.165) is 6.42 Å². The van der Waals surface area contributed by atoms with Crippen LogP contribution in [0.5, 0.6) is 0 Å². The molecule has 0 aliphatic carbocycles. The second-order valence-electron chi connectivity index (χ2n) is 10.6. The molecule has 0 aromatic carbocycles. The zero-order valence-corrected chi connectivity index (χ0v) is 22.3. The highest BCUT2D eigenvalue weighted by Crippen LogP contribution is 2.51. The standard InChI is InChI=1S/C23H36N4O6S.ClH/c1-12-18-17(13(2)29)22(31)26(18)19(23(32)33)20(12)34-15-9-16(24-10-15)21(30)25-6-5-14(11-25)27(3,4)7-8-28;/h12-18,24,28-29H,5-11H2,1-4H3;1H/t12-,13-,14+,15+,16+,17-,18-;/m1./s1. The van der Waals surface area contributed by atoms with E-state index in [1.165, 1.54) is 16.7 Å². The van der Waals surface area contributed by atoms with Crippen LogP contribution in [-0.2, 0) is 14.4 Å². The molecule has 3 saturated heterocycles. The largest absolute Gasteiger partial charge is 0.543 e. The van der Waals surface area contributed by atoms with Gasteiger partial charge in [0, 0.05) is 35.6 Å². The summed E-state index contributed by atoms with van der Waals surface area (Å²) in [7, 11) is 4.16. The molecule has 0 bridgehead atoms. The van der Waals surface area contributed by atoms with Crippen LogP contribution < -0.4 is 10.4 Å². The molecule has 12 heteroatoms. The minimum Gasteiger partial charge on any atom is -0.543 e. The van der Waals surface area contributed by atoms with E-state index >= 15 is 0 Å². The minimum atomic E-state index is -1.38. The second kappa shape index (κ2) is 10.5. The number of carbonyl (C=O) groups excluding carboxylic acids is 3. The number of likely N-dealkylation sites (tertiary alicyclic amines) is 1. The molecule has 3 fully saturated rings. The predicted molar refractivity (Wildman–Crippen MR) is 131 cm³/mol. The fraction of sp³-hybridized carbons (Fsp3) is 0.783. The van der Waals surface area contributed by atoms with Crippen molar-refractivity contribution in [1.29, 1.82) is 0 Å². The number of rotatable bonds is 8. The molecule has 0 radical (unpaired) electrons. The minimum absolute atomic E-state index is 0. The number of thioether (sulfide) groups is 1. The van der Waals surface area contributed by atoms with Gasteiger partial charge >= 0.3 is 0 Å². The molecule has 10 nitrogen and oxygen atoms in total. The number of aliphatic carboxylic acids is 1. The van der Waals surface area contributed by atoms with Gasteiger partial charge in [-0.05, 0) is 13.3 Å². The molecule has 0 unspecified atom stereocenters. The third-order valence-electron chi connectivity index (χ3n) is 8.12. The van der Waals surface area contributed by atoms with Crippen molar-refractivity contribution >= 4 is 42.0 Å². The van der Waals surface area contributed by atoms with Gasteiger partial charge in [-0.3, -0.25) is 9.59 Å². The van der Waals surface area contributed by atoms with Crippen LogP contribution >= 0.6 is 24.2 Å². The number of likely N-dealkylation sites (N-methyl/N-ethyl adjacent to an activating group) is 1. The predicted octanol–water partition coefficient (Wildman–Crippen LogP) is -1.64. The van der Waals surface area contributed by atoms with E-state index in [1.54, 1.807) is 6.92 Å². The topological polar surface area (TPSA) is 133 Å². The van der Waals surface area contributed by atoms with Crippen molar-refractivity contribution in [3.8, 4) is 0 Å². The monoisotopic (exact) mass is 532 g/mol. The highest BCUT2D eigenvalue weighted by atomic mass is 35.5. The maximum atomic E-state index is 13.2. The Labute approximate surface area is 216 Å². The number of aliphatic hydroxyl groups excluding tert-OH is 2. The van der Waals surface area contributed by atoms with Crippen LogP contribution in [0, 0.1) is 11.8 Å². The molecule has 35 heavy (non-hydrogen) atoms. The summed E-state index contributed by atoms with van der Waals surface area (Å²) in [6.07, 6.45) is 0.636. The van der Waals surface area contributed by atoms with Gasteiger partial charge in [-0.25, -0.2) is 0 Å². The zero-order chi connectivity index (χ0) is 24.9. The highest BCUT2D eigenvalue weighted by molar-refractivity contribution is 8.03. The summed E-state index contributed by atoms with van der Waals surface area (Å²) in [5.41, 5.74) is -0.0783. The Hall–Kier alpha value is -1.37. The van der Waals surface area contributed by atoms with Crippen molar-refractivity contribution in [2.24, 2.45) is 11.8 Å². The number of quaternary nitrogens is 1. The third kappa shape index (κ3) is 4.95. The summed E-state index contributed by atoms with van der Waals surface area (Å²) in [5, 5.41) is 34.6. The molecule has 4 heterocycles. The molecule has 4 aliphatic heterocycles. The number of hydrogen-bond acceptors (Lipinski definition) is 8. The Morgan fingerprint density at radius 2 is 2.03 bits per heavy atom. The first-order chi connectivity index (χ1) is 16.0. The number of amides is 2. The second-order valence-corrected chi connectivity index (χ2v) is 12.0. The van der Waals surface area contributed by atoms with Crippen LogP contribution in [0.4, 0.5) is 0 Å². The number of nitrogens with zero attached hydrogens (tertiary/aromatic N) is 3. The van der Waals surface area contributed by atoms with E-state index in [2.05, 4.69) is 19.4 Å². The van der Waals surface area contributed by atoms with Crippen molar-refractivity contribution < 1.29 is 34.2 Å². The third-order valence-corrected chi connectivity index (χ3v) is 9.64. The van der Waals surface area contributed by atoms with Gasteiger partial charge < -0.3 is 39.7 Å². The lowest BCUT2D eigenvalue weighted by atomic mass is 9.79. The van der Waals surface area contributed by atoms with E-state index in [1.807, 2.05) is 11.8 Å². The fourth-order valence-corrected chi connectivity index (χ4v) is 7.48. The van der Waals surface area contributed by atoms with Crippen molar-refractivity contribution in [3.05, 3.63) is 10.6 Å². The van der Waals surface area contributed by atoms with Crippen LogP contribution in [0.15, 0.2) is 10.6 Å². The van der Waals surface area contributed by atoms with Crippen LogP contribution in [0.2, 0.25) is 0 Å². The molecule has 3 N–H and O–H groups in total. The fourth-order valence-electron chi connectivity index (χ4n) is 6.00. The van der Waals surface area contributed by atoms with Crippen molar-refractivity contribution in [2.75, 3.05) is 46.9 Å². The SMILES string of the molecule is C[C@@H](O)[C@H]1C(=O)N2C(C(=O)[O-])=C(S[C@@H]3CN[C@H](C(=O)N4CC[C@H]([N+](C)(C)CCO)C4)C3)[C@H](C)[C@H]12.Cl.